The van der Waals surface area contributed by atoms with Gasteiger partial charge >= 0.3 is 6.03 Å². The summed E-state index contributed by atoms with van der Waals surface area (Å²) in [6.45, 7) is 0. The Labute approximate surface area is 239 Å². The lowest BCUT2D eigenvalue weighted by molar-refractivity contribution is 0.0923. The number of aromatic nitrogens is 2. The van der Waals surface area contributed by atoms with Gasteiger partial charge in [0, 0.05) is 28.3 Å². The van der Waals surface area contributed by atoms with Gasteiger partial charge in [0.25, 0.3) is 0 Å². The molecule has 4 aromatic rings. The van der Waals surface area contributed by atoms with E-state index in [0.717, 1.165) is 48.0 Å². The topological polar surface area (TPSA) is 118 Å². The number of nitrogens with zero attached hydrogens (tertiary/aromatic N) is 2. The van der Waals surface area contributed by atoms with Crippen LogP contribution in [-0.4, -0.2) is 30.2 Å². The third-order valence-electron chi connectivity index (χ3n) is 6.38. The number of amides is 2. The van der Waals surface area contributed by atoms with Crippen LogP contribution >= 0.6 is 23.1 Å². The molecule has 2 aromatic carbocycles. The highest BCUT2D eigenvalue weighted by molar-refractivity contribution is 7.98. The zero-order chi connectivity index (χ0) is 28.1. The highest BCUT2D eigenvalue weighted by atomic mass is 32.2. The standard InChI is InChI=1S/C28H25FN4O4S3/c29-19-13-14-22(21(16-19)25(34)18-8-4-5-9-18)31-27(35)33-28-32-23(17-38-20-10-2-1-3-11-20)26(39-28)40(36,37)24-12-6-7-15-30-24/h1-3,6-7,10-16,18H,4-5,8-9,17H2,(H2,31,32,33,35). The maximum absolute atomic E-state index is 14.0. The Morgan fingerprint density at radius 1 is 1.00 bits per heavy atom. The summed E-state index contributed by atoms with van der Waals surface area (Å²) in [6.07, 6.45) is 4.74. The largest absolute Gasteiger partial charge is 0.325 e. The Morgan fingerprint density at radius 2 is 1.75 bits per heavy atom. The van der Waals surface area contributed by atoms with Crippen LogP contribution in [0.1, 0.15) is 41.7 Å². The molecule has 1 aliphatic rings. The molecule has 5 rings (SSSR count). The number of benzene rings is 2. The van der Waals surface area contributed by atoms with Crippen LogP contribution in [0.3, 0.4) is 0 Å². The second-order valence-corrected chi connectivity index (χ2v) is 13.3. The molecule has 2 heterocycles. The number of hydrogen-bond acceptors (Lipinski definition) is 8. The van der Waals surface area contributed by atoms with E-state index in [9.17, 15) is 22.4 Å². The SMILES string of the molecule is O=C(Nc1nc(CSc2ccccc2)c(S(=O)(=O)c2ccccn2)s1)Nc1ccc(F)cc1C(=O)C1CCCC1. The molecule has 0 bridgehead atoms. The number of anilines is 2. The predicted octanol–water partition coefficient (Wildman–Crippen LogP) is 6.82. The van der Waals surface area contributed by atoms with Crippen molar-refractivity contribution in [1.82, 2.24) is 9.97 Å². The third kappa shape index (κ3) is 6.40. The maximum Gasteiger partial charge on any atom is 0.325 e. The molecule has 1 aliphatic carbocycles. The van der Waals surface area contributed by atoms with Gasteiger partial charge in [-0.05, 0) is 55.3 Å². The summed E-state index contributed by atoms with van der Waals surface area (Å²) in [5.74, 6) is -0.737. The Balaban J connectivity index is 1.39. The van der Waals surface area contributed by atoms with Gasteiger partial charge in [-0.3, -0.25) is 10.1 Å². The Hall–Kier alpha value is -3.61. The highest BCUT2D eigenvalue weighted by Gasteiger charge is 2.29. The number of carbonyl (C=O) groups excluding carboxylic acids is 2. The van der Waals surface area contributed by atoms with E-state index in [1.807, 2.05) is 30.3 Å². The number of ketones is 1. The van der Waals surface area contributed by atoms with Gasteiger partial charge in [0.1, 0.15) is 5.82 Å². The van der Waals surface area contributed by atoms with Crippen molar-refractivity contribution in [2.75, 3.05) is 10.6 Å². The molecular weight excluding hydrogens is 572 g/mol. The molecular formula is C28H25FN4O4S3. The molecule has 0 aliphatic heterocycles. The number of pyridine rings is 1. The first-order valence-electron chi connectivity index (χ1n) is 12.6. The predicted molar refractivity (Wildman–Crippen MR) is 153 cm³/mol. The van der Waals surface area contributed by atoms with Crippen LogP contribution in [0.25, 0.3) is 0 Å². The lowest BCUT2D eigenvalue weighted by atomic mass is 9.95. The molecule has 0 unspecified atom stereocenters. The maximum atomic E-state index is 14.0. The molecule has 1 fully saturated rings. The first kappa shape index (κ1) is 27.9. The normalized spacial score (nSPS) is 13.7. The van der Waals surface area contributed by atoms with E-state index in [-0.39, 0.29) is 48.8 Å². The van der Waals surface area contributed by atoms with Gasteiger partial charge in [-0.2, -0.15) is 0 Å². The molecule has 8 nitrogen and oxygen atoms in total. The molecule has 2 aromatic heterocycles. The summed E-state index contributed by atoms with van der Waals surface area (Å²) >= 11 is 2.23. The van der Waals surface area contributed by atoms with Crippen molar-refractivity contribution in [3.8, 4) is 0 Å². The molecule has 0 saturated heterocycles. The lowest BCUT2D eigenvalue weighted by Crippen LogP contribution is -2.22. The van der Waals surface area contributed by atoms with Crippen molar-refractivity contribution in [3.63, 3.8) is 0 Å². The van der Waals surface area contributed by atoms with E-state index < -0.39 is 21.7 Å². The lowest BCUT2D eigenvalue weighted by Gasteiger charge is -2.14. The van der Waals surface area contributed by atoms with Crippen LogP contribution in [0.15, 0.2) is 87.1 Å². The molecule has 0 spiro atoms. The molecule has 0 radical (unpaired) electrons. The number of rotatable bonds is 9. The summed E-state index contributed by atoms with van der Waals surface area (Å²) in [6, 6.07) is 17.0. The van der Waals surface area contributed by atoms with Crippen LogP contribution in [0.4, 0.5) is 20.0 Å². The fourth-order valence-electron chi connectivity index (χ4n) is 4.45. The first-order valence-corrected chi connectivity index (χ1v) is 15.9. The molecule has 40 heavy (non-hydrogen) atoms. The van der Waals surface area contributed by atoms with Crippen molar-refractivity contribution in [2.45, 2.75) is 45.6 Å². The van der Waals surface area contributed by atoms with Gasteiger partial charge in [0.05, 0.1) is 11.4 Å². The molecule has 206 valence electrons. The monoisotopic (exact) mass is 596 g/mol. The van der Waals surface area contributed by atoms with Crippen molar-refractivity contribution in [1.29, 1.82) is 0 Å². The zero-order valence-corrected chi connectivity index (χ0v) is 23.6. The van der Waals surface area contributed by atoms with Crippen molar-refractivity contribution in [2.24, 2.45) is 5.92 Å². The van der Waals surface area contributed by atoms with Crippen molar-refractivity contribution >= 4 is 55.6 Å². The third-order valence-corrected chi connectivity index (χ3v) is 10.6. The summed E-state index contributed by atoms with van der Waals surface area (Å²) in [7, 11) is -4.01. The number of halogens is 1. The molecule has 12 heteroatoms. The number of sulfone groups is 1. The summed E-state index contributed by atoms with van der Waals surface area (Å²) in [5.41, 5.74) is 0.562. The summed E-state index contributed by atoms with van der Waals surface area (Å²) in [4.78, 5) is 35.3. The minimum Gasteiger partial charge on any atom is -0.307 e. The van der Waals surface area contributed by atoms with Crippen molar-refractivity contribution in [3.05, 3.63) is 90.0 Å². The number of Topliss-reactive ketones (excluding diaryl/α,β-unsaturated/α-hetero) is 1. The van der Waals surface area contributed by atoms with E-state index in [1.54, 1.807) is 12.1 Å². The van der Waals surface area contributed by atoms with E-state index in [1.165, 1.54) is 36.2 Å². The van der Waals surface area contributed by atoms with E-state index >= 15 is 0 Å². The number of hydrogen-bond donors (Lipinski definition) is 2. The van der Waals surface area contributed by atoms with Crippen molar-refractivity contribution < 1.29 is 22.4 Å². The van der Waals surface area contributed by atoms with E-state index in [4.69, 9.17) is 0 Å². The van der Waals surface area contributed by atoms with Crippen LogP contribution in [0.2, 0.25) is 0 Å². The summed E-state index contributed by atoms with van der Waals surface area (Å²) < 4.78 is 40.9. The van der Waals surface area contributed by atoms with Gasteiger partial charge in [-0.15, -0.1) is 11.8 Å². The van der Waals surface area contributed by atoms with Gasteiger partial charge in [-0.1, -0.05) is 48.4 Å². The van der Waals surface area contributed by atoms with Gasteiger partial charge < -0.3 is 5.32 Å². The smallest absolute Gasteiger partial charge is 0.307 e. The Morgan fingerprint density at radius 3 is 2.48 bits per heavy atom. The average molecular weight is 597 g/mol. The van der Waals surface area contributed by atoms with Crippen LogP contribution < -0.4 is 10.6 Å². The Bertz CT molecular complexity index is 1620. The van der Waals surface area contributed by atoms with Gasteiger partial charge in [0.2, 0.25) is 9.84 Å². The molecule has 2 amide bonds. The van der Waals surface area contributed by atoms with Gasteiger partial charge in [0.15, 0.2) is 20.1 Å². The first-order chi connectivity index (χ1) is 19.3. The molecule has 2 N–H and O–H groups in total. The fraction of sp³-hybridized carbons (Fsp3) is 0.214. The second-order valence-electron chi connectivity index (χ2n) is 9.14. The quantitative estimate of drug-likeness (QED) is 0.161. The van der Waals surface area contributed by atoms with Crippen LogP contribution in [0, 0.1) is 11.7 Å². The number of nitrogens with one attached hydrogen (secondary N) is 2. The number of thiazole rings is 1. The van der Waals surface area contributed by atoms with E-state index in [2.05, 4.69) is 20.6 Å². The number of thioether (sulfide) groups is 1. The number of carbonyl (C=O) groups is 2. The molecule has 1 saturated carbocycles. The average Bonchev–Trinajstić information content (AvgIpc) is 3.64. The van der Waals surface area contributed by atoms with Gasteiger partial charge in [-0.25, -0.2) is 27.6 Å². The van der Waals surface area contributed by atoms with Crippen LogP contribution in [0.5, 0.6) is 0 Å². The van der Waals surface area contributed by atoms with E-state index in [0.29, 0.717) is 0 Å². The number of urea groups is 1. The van der Waals surface area contributed by atoms with Crippen LogP contribution in [-0.2, 0) is 15.6 Å². The highest BCUT2D eigenvalue weighted by Crippen LogP contribution is 2.36. The Kier molecular flexibility index (Phi) is 8.57. The summed E-state index contributed by atoms with van der Waals surface area (Å²) in [5, 5.41) is 5.12. The minimum atomic E-state index is -4.01. The second kappa shape index (κ2) is 12.3. The minimum absolute atomic E-state index is 0.0242. The fourth-order valence-corrected chi connectivity index (χ4v) is 8.21. The molecule has 0 atom stereocenters. The zero-order valence-electron chi connectivity index (χ0n) is 21.2.